The second kappa shape index (κ2) is 10.3. The van der Waals surface area contributed by atoms with E-state index >= 15 is 0 Å². The lowest BCUT2D eigenvalue weighted by atomic mass is 9.97. The maximum absolute atomic E-state index is 12.9. The summed E-state index contributed by atoms with van der Waals surface area (Å²) < 4.78 is 5.02. The summed E-state index contributed by atoms with van der Waals surface area (Å²) >= 11 is 0. The highest BCUT2D eigenvalue weighted by molar-refractivity contribution is 5.99. The van der Waals surface area contributed by atoms with Crippen LogP contribution in [0.3, 0.4) is 0 Å². The molecule has 2 heterocycles. The van der Waals surface area contributed by atoms with Gasteiger partial charge in [0.1, 0.15) is 6.04 Å². The summed E-state index contributed by atoms with van der Waals surface area (Å²) in [5.41, 5.74) is 0.802. The fourth-order valence-electron chi connectivity index (χ4n) is 4.14. The van der Waals surface area contributed by atoms with Crippen molar-refractivity contribution >= 4 is 29.6 Å². The molecule has 2 saturated heterocycles. The van der Waals surface area contributed by atoms with Gasteiger partial charge in [0.2, 0.25) is 5.91 Å². The summed E-state index contributed by atoms with van der Waals surface area (Å²) in [6.45, 7) is 3.28. The number of hydrogen-bond donors (Lipinski definition) is 2. The summed E-state index contributed by atoms with van der Waals surface area (Å²) in [4.78, 5) is 52.1. The molecule has 0 saturated carbocycles. The zero-order valence-electron chi connectivity index (χ0n) is 17.7. The normalized spacial score (nSPS) is 21.3. The van der Waals surface area contributed by atoms with E-state index in [0.717, 1.165) is 12.8 Å². The number of carboxylic acid groups (broad SMARTS) is 1. The largest absolute Gasteiger partial charge is 0.480 e. The maximum Gasteiger partial charge on any atom is 0.409 e. The number of likely N-dealkylation sites (tertiary alicyclic amines) is 2. The first-order valence-electron chi connectivity index (χ1n) is 10.8. The number of hydrogen-bond acceptors (Lipinski definition) is 5. The molecule has 9 nitrogen and oxygen atoms in total. The van der Waals surface area contributed by atoms with Crippen molar-refractivity contribution in [3.05, 3.63) is 29.8 Å². The van der Waals surface area contributed by atoms with E-state index in [1.807, 2.05) is 0 Å². The van der Waals surface area contributed by atoms with Gasteiger partial charge in [0.05, 0.1) is 12.5 Å². The Morgan fingerprint density at radius 2 is 1.94 bits per heavy atom. The third-order valence-electron chi connectivity index (χ3n) is 5.74. The Bertz CT molecular complexity index is 842. The number of rotatable bonds is 5. The van der Waals surface area contributed by atoms with Crippen LogP contribution >= 0.6 is 0 Å². The molecule has 2 aliphatic rings. The first-order chi connectivity index (χ1) is 14.9. The molecule has 31 heavy (non-hydrogen) atoms. The van der Waals surface area contributed by atoms with Gasteiger partial charge in [-0.05, 0) is 57.2 Å². The van der Waals surface area contributed by atoms with Crippen LogP contribution in [0.5, 0.6) is 0 Å². The molecule has 2 atom stereocenters. The van der Waals surface area contributed by atoms with Crippen molar-refractivity contribution in [1.82, 2.24) is 9.80 Å². The van der Waals surface area contributed by atoms with E-state index in [9.17, 15) is 24.3 Å². The van der Waals surface area contributed by atoms with Gasteiger partial charge < -0.3 is 25.0 Å². The van der Waals surface area contributed by atoms with Crippen LogP contribution in [-0.2, 0) is 14.3 Å². The first-order valence-corrected chi connectivity index (χ1v) is 10.8. The average Bonchev–Trinajstić information content (AvgIpc) is 2.79. The van der Waals surface area contributed by atoms with Gasteiger partial charge in [-0.15, -0.1) is 0 Å². The minimum absolute atomic E-state index is 0.222. The predicted molar refractivity (Wildman–Crippen MR) is 113 cm³/mol. The number of ether oxygens (including phenoxy) is 1. The van der Waals surface area contributed by atoms with Crippen molar-refractivity contribution in [2.24, 2.45) is 5.92 Å². The Morgan fingerprint density at radius 3 is 2.68 bits per heavy atom. The molecule has 3 rings (SSSR count). The van der Waals surface area contributed by atoms with Crippen molar-refractivity contribution in [3.63, 3.8) is 0 Å². The molecule has 0 spiro atoms. The molecule has 0 radical (unpaired) electrons. The number of piperidine rings is 2. The number of carbonyl (C=O) groups excluding carboxylic acids is 3. The molecule has 0 bridgehead atoms. The van der Waals surface area contributed by atoms with E-state index in [1.165, 1.54) is 4.90 Å². The van der Waals surface area contributed by atoms with E-state index in [0.29, 0.717) is 43.6 Å². The number of nitrogens with zero attached hydrogens (tertiary/aromatic N) is 2. The minimum atomic E-state index is -0.999. The second-order valence-electron chi connectivity index (χ2n) is 7.90. The molecule has 1 aromatic carbocycles. The molecule has 3 amide bonds. The molecule has 2 aliphatic heterocycles. The maximum atomic E-state index is 12.9. The number of carbonyl (C=O) groups is 4. The summed E-state index contributed by atoms with van der Waals surface area (Å²) in [7, 11) is 0. The van der Waals surface area contributed by atoms with Crippen LogP contribution in [0.1, 0.15) is 49.4 Å². The van der Waals surface area contributed by atoms with Crippen molar-refractivity contribution in [2.45, 2.75) is 45.1 Å². The number of carboxylic acids is 1. The van der Waals surface area contributed by atoms with Crippen LogP contribution in [0.2, 0.25) is 0 Å². The SMILES string of the molecule is CCOC(=O)N1CCC[C@@H](C(=O)Nc2cccc(C(=O)N3CCCC[C@H]3C(=O)O)c2)C1. The highest BCUT2D eigenvalue weighted by Gasteiger charge is 2.33. The van der Waals surface area contributed by atoms with E-state index in [1.54, 1.807) is 36.1 Å². The quantitative estimate of drug-likeness (QED) is 0.740. The van der Waals surface area contributed by atoms with Gasteiger partial charge >= 0.3 is 12.1 Å². The third-order valence-corrected chi connectivity index (χ3v) is 5.74. The van der Waals surface area contributed by atoms with Crippen molar-refractivity contribution in [1.29, 1.82) is 0 Å². The molecule has 1 aromatic rings. The van der Waals surface area contributed by atoms with Gasteiger partial charge in [-0.2, -0.15) is 0 Å². The number of amides is 3. The summed E-state index contributed by atoms with van der Waals surface area (Å²) in [5, 5.41) is 12.3. The molecular weight excluding hydrogens is 402 g/mol. The van der Waals surface area contributed by atoms with Crippen LogP contribution < -0.4 is 5.32 Å². The number of aliphatic carboxylic acids is 1. The molecule has 2 fully saturated rings. The molecule has 0 aromatic heterocycles. The number of benzene rings is 1. The summed E-state index contributed by atoms with van der Waals surface area (Å²) in [6.07, 6.45) is 2.94. The Labute approximate surface area is 181 Å². The van der Waals surface area contributed by atoms with E-state index in [-0.39, 0.29) is 30.9 Å². The Kier molecular flexibility index (Phi) is 7.49. The average molecular weight is 431 g/mol. The lowest BCUT2D eigenvalue weighted by molar-refractivity contribution is -0.143. The van der Waals surface area contributed by atoms with Crippen molar-refractivity contribution in [3.8, 4) is 0 Å². The number of anilines is 1. The van der Waals surface area contributed by atoms with Gasteiger partial charge in [0.25, 0.3) is 5.91 Å². The van der Waals surface area contributed by atoms with E-state index < -0.39 is 18.1 Å². The van der Waals surface area contributed by atoms with Gasteiger partial charge in [-0.3, -0.25) is 9.59 Å². The highest BCUT2D eigenvalue weighted by atomic mass is 16.6. The van der Waals surface area contributed by atoms with Crippen LogP contribution in [0.15, 0.2) is 24.3 Å². The van der Waals surface area contributed by atoms with E-state index in [4.69, 9.17) is 4.74 Å². The lowest BCUT2D eigenvalue weighted by Crippen LogP contribution is -2.48. The zero-order valence-corrected chi connectivity index (χ0v) is 17.7. The molecule has 168 valence electrons. The summed E-state index contributed by atoms with van der Waals surface area (Å²) in [5.74, 6) is -1.94. The van der Waals surface area contributed by atoms with Crippen molar-refractivity contribution in [2.75, 3.05) is 31.6 Å². The Balaban J connectivity index is 1.66. The zero-order chi connectivity index (χ0) is 22.4. The molecule has 9 heteroatoms. The fourth-order valence-corrected chi connectivity index (χ4v) is 4.14. The van der Waals surface area contributed by atoms with E-state index in [2.05, 4.69) is 5.32 Å². The summed E-state index contributed by atoms with van der Waals surface area (Å²) in [6, 6.07) is 5.71. The molecule has 2 N–H and O–H groups in total. The molecule has 0 unspecified atom stereocenters. The van der Waals surface area contributed by atoms with Crippen LogP contribution in [0.25, 0.3) is 0 Å². The number of nitrogens with one attached hydrogen (secondary N) is 1. The van der Waals surface area contributed by atoms with Gasteiger partial charge in [-0.25, -0.2) is 9.59 Å². The van der Waals surface area contributed by atoms with Gasteiger partial charge in [-0.1, -0.05) is 6.07 Å². The van der Waals surface area contributed by atoms with Crippen molar-refractivity contribution < 1.29 is 29.0 Å². The van der Waals surface area contributed by atoms with Crippen LogP contribution in [0.4, 0.5) is 10.5 Å². The second-order valence-corrected chi connectivity index (χ2v) is 7.90. The third kappa shape index (κ3) is 5.53. The lowest BCUT2D eigenvalue weighted by Gasteiger charge is -2.33. The minimum Gasteiger partial charge on any atom is -0.480 e. The standard InChI is InChI=1S/C22H29N3O6/c1-2-31-22(30)24-11-6-8-16(14-24)19(26)23-17-9-5-7-15(13-17)20(27)25-12-4-3-10-18(25)21(28)29/h5,7,9,13,16,18H,2-4,6,8,10-12,14H2,1H3,(H,23,26)(H,28,29)/t16-,18+/m1/s1. The predicted octanol–water partition coefficient (Wildman–Crippen LogP) is 2.57. The monoisotopic (exact) mass is 431 g/mol. The highest BCUT2D eigenvalue weighted by Crippen LogP contribution is 2.23. The topological polar surface area (TPSA) is 116 Å². The Morgan fingerprint density at radius 1 is 1.13 bits per heavy atom. The van der Waals surface area contributed by atoms with Crippen LogP contribution in [-0.4, -0.2) is 71.1 Å². The first kappa shape index (κ1) is 22.6. The van der Waals surface area contributed by atoms with Gasteiger partial charge in [0, 0.05) is 30.9 Å². The fraction of sp³-hybridized carbons (Fsp3) is 0.545. The molecule has 0 aliphatic carbocycles. The smallest absolute Gasteiger partial charge is 0.409 e. The van der Waals surface area contributed by atoms with Crippen LogP contribution in [0, 0.1) is 5.92 Å². The van der Waals surface area contributed by atoms with Gasteiger partial charge in [0.15, 0.2) is 0 Å². The molecular formula is C22H29N3O6. The Hall–Kier alpha value is -3.10.